The number of nitrogen functional groups attached to an aromatic ring is 1. The predicted molar refractivity (Wildman–Crippen MR) is 81.0 cm³/mol. The molecule has 0 spiro atoms. The van der Waals surface area contributed by atoms with E-state index in [1.807, 2.05) is 0 Å². The Balaban J connectivity index is 2.78. The lowest BCUT2D eigenvalue weighted by atomic mass is 10.1. The van der Waals surface area contributed by atoms with E-state index >= 15 is 0 Å². The molecule has 0 saturated heterocycles. The Bertz CT molecular complexity index is 429. The summed E-state index contributed by atoms with van der Waals surface area (Å²) in [6, 6.07) is 5.36. The Hall–Kier alpha value is -1.75. The van der Waals surface area contributed by atoms with Crippen LogP contribution in [-0.2, 0) is 9.47 Å². The Morgan fingerprint density at radius 2 is 2.15 bits per heavy atom. The van der Waals surface area contributed by atoms with Gasteiger partial charge >= 0.3 is 5.97 Å². The molecule has 112 valence electrons. The average Bonchev–Trinajstić information content (AvgIpc) is 2.42. The van der Waals surface area contributed by atoms with Crippen molar-refractivity contribution in [1.82, 2.24) is 0 Å². The largest absolute Gasteiger partial charge is 0.462 e. The number of esters is 1. The minimum atomic E-state index is -0.354. The van der Waals surface area contributed by atoms with Crippen LogP contribution in [0.1, 0.15) is 37.0 Å². The fourth-order valence-electron chi connectivity index (χ4n) is 2.00. The summed E-state index contributed by atoms with van der Waals surface area (Å²) in [6.07, 6.45) is 2.05. The van der Waals surface area contributed by atoms with Gasteiger partial charge in [-0.15, -0.1) is 0 Å². The molecule has 0 aliphatic heterocycles. The zero-order valence-electron chi connectivity index (χ0n) is 12.4. The van der Waals surface area contributed by atoms with Crippen molar-refractivity contribution in [3.8, 4) is 0 Å². The molecule has 1 rings (SSSR count). The minimum Gasteiger partial charge on any atom is -0.462 e. The minimum absolute atomic E-state index is 0.209. The fourth-order valence-corrected chi connectivity index (χ4v) is 2.00. The second-order valence-corrected chi connectivity index (χ2v) is 4.61. The lowest BCUT2D eigenvalue weighted by Gasteiger charge is -2.20. The number of nitrogens with two attached hydrogens (primary N) is 1. The van der Waals surface area contributed by atoms with Crippen molar-refractivity contribution in [2.24, 2.45) is 0 Å². The number of benzene rings is 1. The molecule has 0 aliphatic carbocycles. The molecule has 0 amide bonds. The molecule has 0 radical (unpaired) electrons. The second kappa shape index (κ2) is 8.43. The van der Waals surface area contributed by atoms with Crippen molar-refractivity contribution in [2.75, 3.05) is 31.4 Å². The summed E-state index contributed by atoms with van der Waals surface area (Å²) in [4.78, 5) is 11.6. The molecule has 0 aromatic heterocycles. The third-order valence-electron chi connectivity index (χ3n) is 2.93. The summed E-state index contributed by atoms with van der Waals surface area (Å²) in [5.74, 6) is -0.354. The normalized spacial score (nSPS) is 11.9. The van der Waals surface area contributed by atoms with Crippen LogP contribution in [0, 0.1) is 0 Å². The third-order valence-corrected chi connectivity index (χ3v) is 2.93. The van der Waals surface area contributed by atoms with E-state index in [-0.39, 0.29) is 12.0 Å². The van der Waals surface area contributed by atoms with Gasteiger partial charge in [0.05, 0.1) is 30.2 Å². The Kier molecular flexibility index (Phi) is 6.87. The van der Waals surface area contributed by atoms with Gasteiger partial charge < -0.3 is 20.5 Å². The molecule has 3 N–H and O–H groups in total. The first-order chi connectivity index (χ1) is 9.62. The van der Waals surface area contributed by atoms with E-state index in [2.05, 4.69) is 12.2 Å². The van der Waals surface area contributed by atoms with Crippen LogP contribution in [0.3, 0.4) is 0 Å². The maximum absolute atomic E-state index is 11.6. The highest BCUT2D eigenvalue weighted by atomic mass is 16.5. The monoisotopic (exact) mass is 280 g/mol. The second-order valence-electron chi connectivity index (χ2n) is 4.61. The highest BCUT2D eigenvalue weighted by Crippen LogP contribution is 2.22. The molecule has 0 heterocycles. The number of carbonyl (C=O) groups is 1. The van der Waals surface area contributed by atoms with E-state index in [9.17, 15) is 4.79 Å². The van der Waals surface area contributed by atoms with Crippen LogP contribution >= 0.6 is 0 Å². The van der Waals surface area contributed by atoms with Gasteiger partial charge in [-0.25, -0.2) is 4.79 Å². The average molecular weight is 280 g/mol. The van der Waals surface area contributed by atoms with E-state index < -0.39 is 0 Å². The van der Waals surface area contributed by atoms with Crippen molar-refractivity contribution < 1.29 is 14.3 Å². The summed E-state index contributed by atoms with van der Waals surface area (Å²) in [5, 5.41) is 3.35. The van der Waals surface area contributed by atoms with Gasteiger partial charge in [-0.3, -0.25) is 0 Å². The molecule has 0 saturated carbocycles. The van der Waals surface area contributed by atoms with E-state index in [1.54, 1.807) is 32.2 Å². The summed E-state index contributed by atoms with van der Waals surface area (Å²) in [7, 11) is 1.68. The number of ether oxygens (including phenoxy) is 2. The molecular weight excluding hydrogens is 256 g/mol. The van der Waals surface area contributed by atoms with Crippen molar-refractivity contribution in [1.29, 1.82) is 0 Å². The van der Waals surface area contributed by atoms with E-state index in [4.69, 9.17) is 15.2 Å². The van der Waals surface area contributed by atoms with Gasteiger partial charge in [0.15, 0.2) is 0 Å². The predicted octanol–water partition coefficient (Wildman–Crippen LogP) is 2.67. The van der Waals surface area contributed by atoms with Gasteiger partial charge in [0, 0.05) is 13.2 Å². The van der Waals surface area contributed by atoms with Crippen LogP contribution in [0.15, 0.2) is 18.2 Å². The van der Waals surface area contributed by atoms with Crippen molar-refractivity contribution in [2.45, 2.75) is 32.7 Å². The van der Waals surface area contributed by atoms with Crippen LogP contribution in [0.2, 0.25) is 0 Å². The summed E-state index contributed by atoms with van der Waals surface area (Å²) >= 11 is 0. The van der Waals surface area contributed by atoms with Crippen molar-refractivity contribution in [3.63, 3.8) is 0 Å². The number of rotatable bonds is 8. The molecule has 0 fully saturated rings. The van der Waals surface area contributed by atoms with Crippen LogP contribution in [0.4, 0.5) is 11.4 Å². The molecule has 20 heavy (non-hydrogen) atoms. The summed E-state index contributed by atoms with van der Waals surface area (Å²) in [6.45, 7) is 4.87. The SMILES string of the molecule is CCCC(COC)Nc1ccc(C(=O)OCC)cc1N. The maximum Gasteiger partial charge on any atom is 0.338 e. The quantitative estimate of drug-likeness (QED) is 0.565. The van der Waals surface area contributed by atoms with Crippen LogP contribution in [0.5, 0.6) is 0 Å². The zero-order chi connectivity index (χ0) is 15.0. The molecule has 1 aromatic carbocycles. The number of nitrogens with one attached hydrogen (secondary N) is 1. The van der Waals surface area contributed by atoms with E-state index in [0.29, 0.717) is 24.5 Å². The first-order valence-corrected chi connectivity index (χ1v) is 6.94. The van der Waals surface area contributed by atoms with Crippen molar-refractivity contribution in [3.05, 3.63) is 23.8 Å². The Morgan fingerprint density at radius 3 is 2.70 bits per heavy atom. The molecule has 0 bridgehead atoms. The standard InChI is InChI=1S/C15H24N2O3/c1-4-6-12(10-19-3)17-14-8-7-11(9-13(14)16)15(18)20-5-2/h7-9,12,17H,4-6,10,16H2,1-3H3. The van der Waals surface area contributed by atoms with Gasteiger partial charge in [-0.1, -0.05) is 13.3 Å². The van der Waals surface area contributed by atoms with Gasteiger partial charge in [-0.2, -0.15) is 0 Å². The summed E-state index contributed by atoms with van der Waals surface area (Å²) < 4.78 is 10.1. The number of hydrogen-bond acceptors (Lipinski definition) is 5. The Morgan fingerprint density at radius 1 is 1.40 bits per heavy atom. The molecule has 0 aliphatic rings. The molecule has 1 unspecified atom stereocenters. The maximum atomic E-state index is 11.6. The molecule has 1 atom stereocenters. The zero-order valence-corrected chi connectivity index (χ0v) is 12.4. The fraction of sp³-hybridized carbons (Fsp3) is 0.533. The molecule has 1 aromatic rings. The number of hydrogen-bond donors (Lipinski definition) is 2. The number of methoxy groups -OCH3 is 1. The highest BCUT2D eigenvalue weighted by molar-refractivity contribution is 5.91. The number of anilines is 2. The van der Waals surface area contributed by atoms with E-state index in [1.165, 1.54) is 0 Å². The highest BCUT2D eigenvalue weighted by Gasteiger charge is 2.12. The van der Waals surface area contributed by atoms with Gasteiger partial charge in [-0.05, 0) is 31.5 Å². The van der Waals surface area contributed by atoms with Crippen LogP contribution < -0.4 is 11.1 Å². The third kappa shape index (κ3) is 4.74. The topological polar surface area (TPSA) is 73.6 Å². The van der Waals surface area contributed by atoms with Gasteiger partial charge in [0.2, 0.25) is 0 Å². The molecule has 5 nitrogen and oxygen atoms in total. The molecular formula is C15H24N2O3. The van der Waals surface area contributed by atoms with Crippen molar-refractivity contribution >= 4 is 17.3 Å². The van der Waals surface area contributed by atoms with Crippen LogP contribution in [0.25, 0.3) is 0 Å². The molecule has 5 heteroatoms. The Labute approximate surface area is 120 Å². The lowest BCUT2D eigenvalue weighted by molar-refractivity contribution is 0.0526. The van der Waals surface area contributed by atoms with Gasteiger partial charge in [0.1, 0.15) is 0 Å². The lowest BCUT2D eigenvalue weighted by Crippen LogP contribution is -2.25. The summed E-state index contributed by atoms with van der Waals surface area (Å²) in [5.41, 5.74) is 7.80. The van der Waals surface area contributed by atoms with Gasteiger partial charge in [0.25, 0.3) is 0 Å². The van der Waals surface area contributed by atoms with E-state index in [0.717, 1.165) is 18.5 Å². The van der Waals surface area contributed by atoms with Crippen LogP contribution in [-0.4, -0.2) is 32.3 Å². The first kappa shape index (κ1) is 16.3. The number of carbonyl (C=O) groups excluding carboxylic acids is 1. The first-order valence-electron chi connectivity index (χ1n) is 6.94. The smallest absolute Gasteiger partial charge is 0.338 e.